The van der Waals surface area contributed by atoms with Crippen molar-refractivity contribution >= 4 is 17.4 Å². The van der Waals surface area contributed by atoms with Gasteiger partial charge in [-0.05, 0) is 32.8 Å². The predicted molar refractivity (Wildman–Crippen MR) is 51.2 cm³/mol. The van der Waals surface area contributed by atoms with E-state index in [4.69, 9.17) is 0 Å². The van der Waals surface area contributed by atoms with Gasteiger partial charge >= 0.3 is 0 Å². The number of tetrazole rings is 1. The number of nitrogens with zero attached hydrogens (tertiary/aromatic N) is 4. The zero-order valence-electron chi connectivity index (χ0n) is 6.87. The van der Waals surface area contributed by atoms with Crippen LogP contribution in [0.3, 0.4) is 0 Å². The largest absolute Gasteiger partial charge is 0.229 e. The SMILES string of the molecule is C(=C\c1ccsc1)/Cn1cnnn1. The van der Waals surface area contributed by atoms with Crippen molar-refractivity contribution in [3.8, 4) is 0 Å². The molecule has 2 rings (SSSR count). The fraction of sp³-hybridized carbons (Fsp3) is 0.125. The van der Waals surface area contributed by atoms with E-state index in [2.05, 4.69) is 38.4 Å². The van der Waals surface area contributed by atoms with Crippen LogP contribution < -0.4 is 0 Å². The van der Waals surface area contributed by atoms with Gasteiger partial charge in [0.05, 0.1) is 6.54 Å². The molecule has 4 nitrogen and oxygen atoms in total. The Morgan fingerprint density at radius 2 is 2.54 bits per heavy atom. The number of allylic oxidation sites excluding steroid dienone is 1. The van der Waals surface area contributed by atoms with E-state index in [1.807, 2.05) is 6.08 Å². The van der Waals surface area contributed by atoms with E-state index in [0.29, 0.717) is 6.54 Å². The van der Waals surface area contributed by atoms with Gasteiger partial charge < -0.3 is 0 Å². The molecule has 0 radical (unpaired) electrons. The molecule has 0 atom stereocenters. The molecule has 66 valence electrons. The second kappa shape index (κ2) is 3.95. The minimum Gasteiger partial charge on any atom is -0.229 e. The van der Waals surface area contributed by atoms with Gasteiger partial charge in [0.25, 0.3) is 0 Å². The second-order valence-electron chi connectivity index (χ2n) is 2.49. The van der Waals surface area contributed by atoms with Crippen LogP contribution in [0.2, 0.25) is 0 Å². The molecule has 0 bridgehead atoms. The van der Waals surface area contributed by atoms with Gasteiger partial charge in [-0.3, -0.25) is 0 Å². The van der Waals surface area contributed by atoms with Gasteiger partial charge in [-0.1, -0.05) is 12.2 Å². The molecule has 0 aromatic carbocycles. The van der Waals surface area contributed by atoms with Gasteiger partial charge in [-0.2, -0.15) is 11.3 Å². The van der Waals surface area contributed by atoms with E-state index in [1.165, 1.54) is 5.56 Å². The molecular formula is C8H8N4S. The van der Waals surface area contributed by atoms with E-state index in [-0.39, 0.29) is 0 Å². The van der Waals surface area contributed by atoms with Gasteiger partial charge in [0.1, 0.15) is 6.33 Å². The summed E-state index contributed by atoms with van der Waals surface area (Å²) in [6, 6.07) is 2.07. The molecule has 0 N–H and O–H groups in total. The highest BCUT2D eigenvalue weighted by atomic mass is 32.1. The molecular weight excluding hydrogens is 184 g/mol. The van der Waals surface area contributed by atoms with Crippen molar-refractivity contribution in [2.45, 2.75) is 6.54 Å². The average Bonchev–Trinajstić information content (AvgIpc) is 2.75. The summed E-state index contributed by atoms with van der Waals surface area (Å²) < 4.78 is 1.67. The Balaban J connectivity index is 1.93. The lowest BCUT2D eigenvalue weighted by molar-refractivity contribution is 0.661. The van der Waals surface area contributed by atoms with Gasteiger partial charge in [-0.15, -0.1) is 5.10 Å². The van der Waals surface area contributed by atoms with Crippen molar-refractivity contribution < 1.29 is 0 Å². The molecule has 0 unspecified atom stereocenters. The molecule has 2 aromatic heterocycles. The predicted octanol–water partition coefficient (Wildman–Crippen LogP) is 1.45. The van der Waals surface area contributed by atoms with Crippen LogP contribution in [-0.4, -0.2) is 20.2 Å². The number of hydrogen-bond donors (Lipinski definition) is 0. The van der Waals surface area contributed by atoms with Crippen LogP contribution in [-0.2, 0) is 6.54 Å². The minimum absolute atomic E-state index is 0.711. The summed E-state index contributed by atoms with van der Waals surface area (Å²) in [7, 11) is 0. The molecule has 2 aromatic rings. The van der Waals surface area contributed by atoms with Crippen LogP contribution in [0.4, 0.5) is 0 Å². The number of hydrogen-bond acceptors (Lipinski definition) is 4. The average molecular weight is 192 g/mol. The molecule has 0 saturated heterocycles. The number of rotatable bonds is 3. The number of thiophene rings is 1. The summed E-state index contributed by atoms with van der Waals surface area (Å²) in [5, 5.41) is 15.0. The Kier molecular flexibility index (Phi) is 2.47. The first-order valence-corrected chi connectivity index (χ1v) is 4.79. The zero-order chi connectivity index (χ0) is 8.93. The Bertz CT molecular complexity index is 363. The fourth-order valence-corrected chi connectivity index (χ4v) is 1.56. The standard InChI is InChI=1S/C8H8N4S/c1(2-8-3-5-13-6-8)4-12-7-9-10-11-12/h1-3,5-7H,4H2/b2-1+. The molecule has 0 amide bonds. The highest BCUT2D eigenvalue weighted by Gasteiger charge is 1.87. The third-order valence-corrected chi connectivity index (χ3v) is 2.24. The molecule has 2 heterocycles. The smallest absolute Gasteiger partial charge is 0.138 e. The van der Waals surface area contributed by atoms with E-state index >= 15 is 0 Å². The van der Waals surface area contributed by atoms with Crippen LogP contribution in [0, 0.1) is 0 Å². The van der Waals surface area contributed by atoms with Crippen LogP contribution >= 0.6 is 11.3 Å². The van der Waals surface area contributed by atoms with Crippen molar-refractivity contribution in [1.29, 1.82) is 0 Å². The first-order valence-electron chi connectivity index (χ1n) is 3.84. The summed E-state index contributed by atoms with van der Waals surface area (Å²) in [6.45, 7) is 0.711. The minimum atomic E-state index is 0.711. The highest BCUT2D eigenvalue weighted by molar-refractivity contribution is 7.08. The van der Waals surface area contributed by atoms with Crippen molar-refractivity contribution in [1.82, 2.24) is 20.2 Å². The monoisotopic (exact) mass is 192 g/mol. The lowest BCUT2D eigenvalue weighted by Crippen LogP contribution is -1.95. The third-order valence-electron chi connectivity index (χ3n) is 1.54. The van der Waals surface area contributed by atoms with Crippen molar-refractivity contribution in [3.05, 3.63) is 34.8 Å². The highest BCUT2D eigenvalue weighted by Crippen LogP contribution is 2.07. The van der Waals surface area contributed by atoms with Crippen LogP contribution in [0.15, 0.2) is 29.2 Å². The Labute approximate surface area is 79.5 Å². The Morgan fingerprint density at radius 3 is 3.23 bits per heavy atom. The molecule has 13 heavy (non-hydrogen) atoms. The Hall–Kier alpha value is -1.49. The lowest BCUT2D eigenvalue weighted by atomic mass is 10.3. The second-order valence-corrected chi connectivity index (χ2v) is 3.27. The molecule has 0 saturated carbocycles. The van der Waals surface area contributed by atoms with Crippen molar-refractivity contribution in [3.63, 3.8) is 0 Å². The van der Waals surface area contributed by atoms with E-state index in [0.717, 1.165) is 0 Å². The topological polar surface area (TPSA) is 43.6 Å². The summed E-state index contributed by atoms with van der Waals surface area (Å²) >= 11 is 1.69. The quantitative estimate of drug-likeness (QED) is 0.739. The van der Waals surface area contributed by atoms with E-state index in [1.54, 1.807) is 22.3 Å². The maximum Gasteiger partial charge on any atom is 0.138 e. The van der Waals surface area contributed by atoms with Gasteiger partial charge in [0.15, 0.2) is 0 Å². The summed E-state index contributed by atoms with van der Waals surface area (Å²) in [4.78, 5) is 0. The normalized spacial score (nSPS) is 11.1. The van der Waals surface area contributed by atoms with Crippen molar-refractivity contribution in [2.24, 2.45) is 0 Å². The maximum absolute atomic E-state index is 3.74. The first-order chi connectivity index (χ1) is 6.45. The van der Waals surface area contributed by atoms with E-state index in [9.17, 15) is 0 Å². The molecule has 0 aliphatic carbocycles. The Morgan fingerprint density at radius 1 is 1.54 bits per heavy atom. The lowest BCUT2D eigenvalue weighted by Gasteiger charge is -1.89. The van der Waals surface area contributed by atoms with Gasteiger partial charge in [0, 0.05) is 0 Å². The van der Waals surface area contributed by atoms with Gasteiger partial charge in [0.2, 0.25) is 0 Å². The maximum atomic E-state index is 3.74. The van der Waals surface area contributed by atoms with Gasteiger partial charge in [-0.25, -0.2) is 4.68 Å². The summed E-state index contributed by atoms with van der Waals surface area (Å²) in [6.07, 6.45) is 5.68. The molecule has 0 spiro atoms. The molecule has 0 fully saturated rings. The summed E-state index contributed by atoms with van der Waals surface area (Å²) in [5.74, 6) is 0. The van der Waals surface area contributed by atoms with Crippen molar-refractivity contribution in [2.75, 3.05) is 0 Å². The molecule has 0 aliphatic rings. The fourth-order valence-electron chi connectivity index (χ4n) is 0.931. The first kappa shape index (κ1) is 8.12. The zero-order valence-corrected chi connectivity index (χ0v) is 7.68. The van der Waals surface area contributed by atoms with Crippen LogP contribution in [0.1, 0.15) is 5.56 Å². The molecule has 0 aliphatic heterocycles. The third kappa shape index (κ3) is 2.22. The molecule has 5 heteroatoms. The van der Waals surface area contributed by atoms with Crippen LogP contribution in [0.5, 0.6) is 0 Å². The van der Waals surface area contributed by atoms with Crippen LogP contribution in [0.25, 0.3) is 6.08 Å². The number of aromatic nitrogens is 4. The summed E-state index contributed by atoms with van der Waals surface area (Å²) in [5.41, 5.74) is 1.22. The van der Waals surface area contributed by atoms with E-state index < -0.39 is 0 Å².